The van der Waals surface area contributed by atoms with Crippen LogP contribution in [-0.4, -0.2) is 27.2 Å². The van der Waals surface area contributed by atoms with Crippen molar-refractivity contribution in [2.75, 3.05) is 11.4 Å². The lowest BCUT2D eigenvalue weighted by molar-refractivity contribution is -0.117. The Balaban J connectivity index is 1.36. The maximum absolute atomic E-state index is 12.5. The van der Waals surface area contributed by atoms with E-state index >= 15 is 0 Å². The van der Waals surface area contributed by atoms with Gasteiger partial charge in [0.15, 0.2) is 11.4 Å². The van der Waals surface area contributed by atoms with Gasteiger partial charge in [0.05, 0.1) is 18.0 Å². The maximum Gasteiger partial charge on any atom is 0.420 e. The van der Waals surface area contributed by atoms with E-state index in [1.54, 1.807) is 23.1 Å². The molecule has 4 aromatic rings. The molecule has 0 radical (unpaired) electrons. The number of carbonyl (C=O) groups is 1. The van der Waals surface area contributed by atoms with E-state index in [0.717, 1.165) is 11.3 Å². The molecule has 0 N–H and O–H groups in total. The number of aryl methyl sites for hydroxylation is 1. The summed E-state index contributed by atoms with van der Waals surface area (Å²) < 4.78 is 12.1. The molecule has 1 saturated heterocycles. The molecule has 1 atom stereocenters. The number of rotatable bonds is 4. The number of aromatic nitrogens is 3. The number of hydrogen-bond donors (Lipinski definition) is 0. The standard InChI is InChI=1S/C21H18N4O4/c1-13-6-8-15(9-7-13)24-11-14(10-19(24)26)20-22-18(23-29-20)12-25-16-4-2-3-5-17(16)28-21(25)27/h2-9,14H,10-12H2,1H3/t14-/m1/s1. The Bertz CT molecular complexity index is 1250. The van der Waals surface area contributed by atoms with Crippen LogP contribution in [0.3, 0.4) is 0 Å². The predicted octanol–water partition coefficient (Wildman–Crippen LogP) is 2.85. The highest BCUT2D eigenvalue weighted by molar-refractivity contribution is 5.96. The molecule has 0 spiro atoms. The van der Waals surface area contributed by atoms with Crippen molar-refractivity contribution in [1.82, 2.24) is 14.7 Å². The van der Waals surface area contributed by atoms with Gasteiger partial charge in [0.1, 0.15) is 0 Å². The predicted molar refractivity (Wildman–Crippen MR) is 105 cm³/mol. The Morgan fingerprint density at radius 2 is 1.90 bits per heavy atom. The molecule has 3 heterocycles. The minimum Gasteiger partial charge on any atom is -0.408 e. The second-order valence-electron chi connectivity index (χ2n) is 7.21. The minimum absolute atomic E-state index is 0.0238. The van der Waals surface area contributed by atoms with Gasteiger partial charge in [0.25, 0.3) is 0 Å². The van der Waals surface area contributed by atoms with Crippen LogP contribution >= 0.6 is 0 Å². The van der Waals surface area contributed by atoms with E-state index in [1.807, 2.05) is 37.3 Å². The third-order valence-corrected chi connectivity index (χ3v) is 5.18. The highest BCUT2D eigenvalue weighted by atomic mass is 16.5. The zero-order valence-electron chi connectivity index (χ0n) is 15.7. The fraction of sp³-hybridized carbons (Fsp3) is 0.238. The van der Waals surface area contributed by atoms with Crippen LogP contribution in [-0.2, 0) is 11.3 Å². The molecular formula is C21H18N4O4. The molecule has 8 heteroatoms. The van der Waals surface area contributed by atoms with Crippen molar-refractivity contribution in [3.05, 3.63) is 76.4 Å². The van der Waals surface area contributed by atoms with Crippen molar-refractivity contribution < 1.29 is 13.7 Å². The van der Waals surface area contributed by atoms with Gasteiger partial charge in [-0.05, 0) is 31.2 Å². The Labute approximate surface area is 165 Å². The van der Waals surface area contributed by atoms with E-state index in [9.17, 15) is 9.59 Å². The van der Waals surface area contributed by atoms with E-state index in [-0.39, 0.29) is 18.4 Å². The first-order chi connectivity index (χ1) is 14.1. The molecule has 0 bridgehead atoms. The average Bonchev–Trinajstić information content (AvgIpc) is 3.41. The third kappa shape index (κ3) is 3.12. The number of para-hydroxylation sites is 2. The molecule has 0 aliphatic carbocycles. The SMILES string of the molecule is Cc1ccc(N2C[C@H](c3nc(Cn4c(=O)oc5ccccc54)no3)CC2=O)cc1. The summed E-state index contributed by atoms with van der Waals surface area (Å²) in [7, 11) is 0. The first-order valence-electron chi connectivity index (χ1n) is 9.36. The monoisotopic (exact) mass is 390 g/mol. The highest BCUT2D eigenvalue weighted by Crippen LogP contribution is 2.31. The van der Waals surface area contributed by atoms with Crippen LogP contribution in [0.4, 0.5) is 5.69 Å². The van der Waals surface area contributed by atoms with Crippen LogP contribution < -0.4 is 10.7 Å². The van der Waals surface area contributed by atoms with Crippen LogP contribution in [0.2, 0.25) is 0 Å². The number of oxazole rings is 1. The molecule has 1 aliphatic heterocycles. The summed E-state index contributed by atoms with van der Waals surface area (Å²) in [6, 6.07) is 15.0. The number of hydrogen-bond acceptors (Lipinski definition) is 6. The number of anilines is 1. The van der Waals surface area contributed by atoms with Crippen molar-refractivity contribution in [3.8, 4) is 0 Å². The van der Waals surface area contributed by atoms with Gasteiger partial charge in [-0.2, -0.15) is 4.98 Å². The van der Waals surface area contributed by atoms with Crippen molar-refractivity contribution >= 4 is 22.7 Å². The summed E-state index contributed by atoms with van der Waals surface area (Å²) in [4.78, 5) is 30.8. The molecule has 1 aliphatic rings. The van der Waals surface area contributed by atoms with Gasteiger partial charge in [-0.1, -0.05) is 35.0 Å². The van der Waals surface area contributed by atoms with E-state index < -0.39 is 5.76 Å². The number of carbonyl (C=O) groups excluding carboxylic acids is 1. The normalized spacial score (nSPS) is 16.8. The van der Waals surface area contributed by atoms with Crippen LogP contribution in [0.15, 0.2) is 62.3 Å². The molecule has 8 nitrogen and oxygen atoms in total. The Hall–Kier alpha value is -3.68. The lowest BCUT2D eigenvalue weighted by Gasteiger charge is -2.16. The smallest absolute Gasteiger partial charge is 0.408 e. The second-order valence-corrected chi connectivity index (χ2v) is 7.21. The third-order valence-electron chi connectivity index (χ3n) is 5.18. The summed E-state index contributed by atoms with van der Waals surface area (Å²) in [5.74, 6) is 0.149. The van der Waals surface area contributed by atoms with E-state index in [0.29, 0.717) is 35.8 Å². The van der Waals surface area contributed by atoms with Crippen molar-refractivity contribution in [3.63, 3.8) is 0 Å². The quantitative estimate of drug-likeness (QED) is 0.532. The number of nitrogens with zero attached hydrogens (tertiary/aromatic N) is 4. The molecule has 0 unspecified atom stereocenters. The lowest BCUT2D eigenvalue weighted by Crippen LogP contribution is -2.24. The molecular weight excluding hydrogens is 372 g/mol. The van der Waals surface area contributed by atoms with Gasteiger partial charge in [0.2, 0.25) is 11.8 Å². The van der Waals surface area contributed by atoms with Crippen molar-refractivity contribution in [2.24, 2.45) is 0 Å². The molecule has 0 saturated carbocycles. The highest BCUT2D eigenvalue weighted by Gasteiger charge is 2.35. The van der Waals surface area contributed by atoms with E-state index in [2.05, 4.69) is 10.1 Å². The number of benzene rings is 2. The molecule has 1 amide bonds. The Kier molecular flexibility index (Phi) is 4.04. The van der Waals surface area contributed by atoms with Crippen molar-refractivity contribution in [2.45, 2.75) is 25.8 Å². The second kappa shape index (κ2) is 6.73. The summed E-state index contributed by atoms with van der Waals surface area (Å²) >= 11 is 0. The lowest BCUT2D eigenvalue weighted by atomic mass is 10.1. The molecule has 5 rings (SSSR count). The zero-order chi connectivity index (χ0) is 20.0. The number of amides is 1. The Morgan fingerprint density at radius 3 is 2.72 bits per heavy atom. The van der Waals surface area contributed by atoms with Gasteiger partial charge in [-0.3, -0.25) is 9.36 Å². The average molecular weight is 390 g/mol. The number of fused-ring (bicyclic) bond motifs is 1. The fourth-order valence-corrected chi connectivity index (χ4v) is 3.65. The van der Waals surface area contributed by atoms with Crippen LogP contribution in [0.25, 0.3) is 11.1 Å². The maximum atomic E-state index is 12.5. The largest absolute Gasteiger partial charge is 0.420 e. The van der Waals surface area contributed by atoms with Gasteiger partial charge >= 0.3 is 5.76 Å². The summed E-state index contributed by atoms with van der Waals surface area (Å²) in [5.41, 5.74) is 3.18. The first kappa shape index (κ1) is 17.4. The van der Waals surface area contributed by atoms with E-state index in [4.69, 9.17) is 8.94 Å². The van der Waals surface area contributed by atoms with E-state index in [1.165, 1.54) is 4.57 Å². The Morgan fingerprint density at radius 1 is 1.10 bits per heavy atom. The summed E-state index contributed by atoms with van der Waals surface area (Å²) in [6.45, 7) is 2.63. The molecule has 29 heavy (non-hydrogen) atoms. The topological polar surface area (TPSA) is 94.4 Å². The van der Waals surface area contributed by atoms with Gasteiger partial charge in [-0.25, -0.2) is 4.79 Å². The fourth-order valence-electron chi connectivity index (χ4n) is 3.65. The molecule has 146 valence electrons. The van der Waals surface area contributed by atoms with Gasteiger partial charge in [-0.15, -0.1) is 0 Å². The summed E-state index contributed by atoms with van der Waals surface area (Å²) in [5, 5.41) is 4.00. The molecule has 2 aromatic heterocycles. The van der Waals surface area contributed by atoms with Crippen LogP contribution in [0, 0.1) is 6.92 Å². The minimum atomic E-state index is -0.473. The molecule has 1 fully saturated rings. The molecule has 2 aromatic carbocycles. The van der Waals surface area contributed by atoms with Gasteiger partial charge in [0, 0.05) is 18.7 Å². The first-order valence-corrected chi connectivity index (χ1v) is 9.36. The van der Waals surface area contributed by atoms with Gasteiger partial charge < -0.3 is 13.8 Å². The van der Waals surface area contributed by atoms with Crippen molar-refractivity contribution in [1.29, 1.82) is 0 Å². The van der Waals surface area contributed by atoms with Crippen LogP contribution in [0.1, 0.15) is 29.6 Å². The zero-order valence-corrected chi connectivity index (χ0v) is 15.7. The van der Waals surface area contributed by atoms with Crippen LogP contribution in [0.5, 0.6) is 0 Å². The summed E-state index contributed by atoms with van der Waals surface area (Å²) in [6.07, 6.45) is 0.310.